The minimum absolute atomic E-state index is 0. The highest BCUT2D eigenvalue weighted by molar-refractivity contribution is 5.97. The number of hydrogen-bond donors (Lipinski definition) is 1. The lowest BCUT2D eigenvalue weighted by Crippen LogP contribution is -2.48. The number of likely N-dealkylation sites (tertiary alicyclic amines) is 1. The van der Waals surface area contributed by atoms with E-state index in [1.54, 1.807) is 12.1 Å². The van der Waals surface area contributed by atoms with E-state index in [1.165, 1.54) is 12.1 Å². The number of piperidine rings is 1. The van der Waals surface area contributed by atoms with Crippen molar-refractivity contribution in [3.05, 3.63) is 35.6 Å². The van der Waals surface area contributed by atoms with E-state index in [4.69, 9.17) is 5.73 Å². The van der Waals surface area contributed by atoms with E-state index in [0.29, 0.717) is 5.56 Å². The quantitative estimate of drug-likeness (QED) is 0.869. The number of Topliss-reactive ketones (excluding diaryl/α,β-unsaturated/α-hetero) is 1. The zero-order valence-electron chi connectivity index (χ0n) is 12.6. The fourth-order valence-corrected chi connectivity index (χ4v) is 2.78. The average Bonchev–Trinajstić information content (AvgIpc) is 2.38. The first-order chi connectivity index (χ1) is 9.35. The molecule has 2 rings (SSSR count). The molecule has 0 atom stereocenters. The molecule has 1 saturated heterocycles. The monoisotopic (exact) mass is 314 g/mol. The molecule has 0 aromatic heterocycles. The molecule has 1 aromatic rings. The standard InChI is InChI=1S/C16H23FN2O.ClH/c1-16(2,18)11-19-9-7-13(8-10-19)15(20)12-3-5-14(17)6-4-12;/h3-6,13H,7-11,18H2,1-2H3;1H. The lowest BCUT2D eigenvalue weighted by molar-refractivity contribution is 0.0825. The van der Waals surface area contributed by atoms with Crippen LogP contribution >= 0.6 is 12.4 Å². The van der Waals surface area contributed by atoms with Crippen LogP contribution in [0.25, 0.3) is 0 Å². The van der Waals surface area contributed by atoms with Crippen molar-refractivity contribution in [2.45, 2.75) is 32.2 Å². The third-order valence-corrected chi connectivity index (χ3v) is 3.72. The summed E-state index contributed by atoms with van der Waals surface area (Å²) in [6, 6.07) is 5.85. The van der Waals surface area contributed by atoms with Crippen molar-refractivity contribution in [3.8, 4) is 0 Å². The lowest BCUT2D eigenvalue weighted by Gasteiger charge is -2.35. The first kappa shape index (κ1) is 18.1. The summed E-state index contributed by atoms with van der Waals surface area (Å²) in [5, 5.41) is 0. The summed E-state index contributed by atoms with van der Waals surface area (Å²) in [6.07, 6.45) is 1.71. The highest BCUT2D eigenvalue weighted by atomic mass is 35.5. The van der Waals surface area contributed by atoms with Gasteiger partial charge in [-0.1, -0.05) is 0 Å². The van der Waals surface area contributed by atoms with Crippen LogP contribution in [0.15, 0.2) is 24.3 Å². The number of nitrogens with zero attached hydrogens (tertiary/aromatic N) is 1. The van der Waals surface area contributed by atoms with Crippen molar-refractivity contribution >= 4 is 18.2 Å². The van der Waals surface area contributed by atoms with Gasteiger partial charge in [0.15, 0.2) is 5.78 Å². The van der Waals surface area contributed by atoms with Gasteiger partial charge in [-0.05, 0) is 64.0 Å². The van der Waals surface area contributed by atoms with Crippen LogP contribution in [0.1, 0.15) is 37.0 Å². The van der Waals surface area contributed by atoms with E-state index in [1.807, 2.05) is 13.8 Å². The minimum atomic E-state index is -0.304. The Morgan fingerprint density at radius 3 is 2.29 bits per heavy atom. The number of hydrogen-bond acceptors (Lipinski definition) is 3. The fraction of sp³-hybridized carbons (Fsp3) is 0.562. The molecule has 118 valence electrons. The topological polar surface area (TPSA) is 46.3 Å². The summed E-state index contributed by atoms with van der Waals surface area (Å²) >= 11 is 0. The molecule has 0 bridgehead atoms. The van der Waals surface area contributed by atoms with Crippen LogP contribution in [-0.2, 0) is 0 Å². The molecule has 21 heavy (non-hydrogen) atoms. The molecule has 1 aliphatic heterocycles. The highest BCUT2D eigenvalue weighted by Gasteiger charge is 2.27. The van der Waals surface area contributed by atoms with Gasteiger partial charge in [-0.2, -0.15) is 0 Å². The van der Waals surface area contributed by atoms with Gasteiger partial charge in [-0.15, -0.1) is 12.4 Å². The van der Waals surface area contributed by atoms with Gasteiger partial charge in [0.1, 0.15) is 5.82 Å². The molecule has 1 aromatic carbocycles. The van der Waals surface area contributed by atoms with Gasteiger partial charge in [-0.25, -0.2) is 4.39 Å². The largest absolute Gasteiger partial charge is 0.324 e. The first-order valence-electron chi connectivity index (χ1n) is 7.16. The van der Waals surface area contributed by atoms with Crippen LogP contribution in [0.4, 0.5) is 4.39 Å². The molecule has 5 heteroatoms. The maximum atomic E-state index is 12.9. The maximum Gasteiger partial charge on any atom is 0.166 e. The molecule has 2 N–H and O–H groups in total. The van der Waals surface area contributed by atoms with Crippen LogP contribution in [0, 0.1) is 11.7 Å². The molecule has 1 heterocycles. The Morgan fingerprint density at radius 2 is 1.81 bits per heavy atom. The third kappa shape index (κ3) is 5.38. The van der Waals surface area contributed by atoms with E-state index < -0.39 is 0 Å². The average molecular weight is 315 g/mol. The van der Waals surface area contributed by atoms with Crippen LogP contribution in [-0.4, -0.2) is 35.9 Å². The molecule has 0 spiro atoms. The predicted octanol–water partition coefficient (Wildman–Crippen LogP) is 2.88. The zero-order valence-corrected chi connectivity index (χ0v) is 13.5. The van der Waals surface area contributed by atoms with Crippen molar-refractivity contribution in [2.24, 2.45) is 11.7 Å². The number of nitrogens with two attached hydrogens (primary N) is 1. The van der Waals surface area contributed by atoms with E-state index in [-0.39, 0.29) is 35.5 Å². The molecule has 0 aliphatic carbocycles. The van der Waals surface area contributed by atoms with Gasteiger partial charge in [-0.3, -0.25) is 4.79 Å². The van der Waals surface area contributed by atoms with E-state index in [0.717, 1.165) is 32.5 Å². The van der Waals surface area contributed by atoms with Crippen molar-refractivity contribution in [1.29, 1.82) is 0 Å². The molecule has 1 aliphatic rings. The molecular weight excluding hydrogens is 291 g/mol. The van der Waals surface area contributed by atoms with Crippen molar-refractivity contribution in [1.82, 2.24) is 4.90 Å². The summed E-state index contributed by atoms with van der Waals surface area (Å²) in [7, 11) is 0. The fourth-order valence-electron chi connectivity index (χ4n) is 2.78. The zero-order chi connectivity index (χ0) is 14.8. The number of carbonyl (C=O) groups excluding carboxylic acids is 1. The van der Waals surface area contributed by atoms with Crippen LogP contribution in [0.3, 0.4) is 0 Å². The lowest BCUT2D eigenvalue weighted by atomic mass is 9.88. The van der Waals surface area contributed by atoms with E-state index in [2.05, 4.69) is 4.90 Å². The Morgan fingerprint density at radius 1 is 1.29 bits per heavy atom. The second-order valence-corrected chi connectivity index (χ2v) is 6.41. The normalized spacial score (nSPS) is 17.3. The SMILES string of the molecule is CC(C)(N)CN1CCC(C(=O)c2ccc(F)cc2)CC1.Cl. The summed E-state index contributed by atoms with van der Waals surface area (Å²) in [4.78, 5) is 14.7. The first-order valence-corrected chi connectivity index (χ1v) is 7.16. The van der Waals surface area contributed by atoms with Crippen molar-refractivity contribution < 1.29 is 9.18 Å². The van der Waals surface area contributed by atoms with Crippen molar-refractivity contribution in [2.75, 3.05) is 19.6 Å². The predicted molar refractivity (Wildman–Crippen MR) is 85.4 cm³/mol. The number of halogens is 2. The molecular formula is C16H24ClFN2O. The summed E-state index contributed by atoms with van der Waals surface area (Å²) < 4.78 is 12.9. The molecule has 1 fully saturated rings. The summed E-state index contributed by atoms with van der Waals surface area (Å²) in [6.45, 7) is 6.69. The van der Waals surface area contributed by atoms with E-state index in [9.17, 15) is 9.18 Å². The Bertz CT molecular complexity index is 462. The van der Waals surface area contributed by atoms with E-state index >= 15 is 0 Å². The second-order valence-electron chi connectivity index (χ2n) is 6.41. The summed E-state index contributed by atoms with van der Waals surface area (Å²) in [5.74, 6) is -0.115. The van der Waals surface area contributed by atoms with Crippen molar-refractivity contribution in [3.63, 3.8) is 0 Å². The Kier molecular flexibility index (Phi) is 6.32. The molecule has 0 radical (unpaired) electrons. The smallest absolute Gasteiger partial charge is 0.166 e. The molecule has 3 nitrogen and oxygen atoms in total. The Balaban J connectivity index is 0.00000220. The van der Waals surface area contributed by atoms with Gasteiger partial charge >= 0.3 is 0 Å². The van der Waals surface area contributed by atoms with Crippen LogP contribution in [0.5, 0.6) is 0 Å². The third-order valence-electron chi connectivity index (χ3n) is 3.72. The summed E-state index contributed by atoms with van der Waals surface area (Å²) in [5.41, 5.74) is 6.44. The highest BCUT2D eigenvalue weighted by Crippen LogP contribution is 2.22. The van der Waals surface area contributed by atoms with Gasteiger partial charge in [0.25, 0.3) is 0 Å². The van der Waals surface area contributed by atoms with Gasteiger partial charge < -0.3 is 10.6 Å². The number of benzene rings is 1. The Hall–Kier alpha value is -0.970. The number of rotatable bonds is 4. The number of carbonyl (C=O) groups is 1. The van der Waals surface area contributed by atoms with Crippen LogP contribution in [0.2, 0.25) is 0 Å². The van der Waals surface area contributed by atoms with Crippen LogP contribution < -0.4 is 5.73 Å². The van der Waals surface area contributed by atoms with Gasteiger partial charge in [0.2, 0.25) is 0 Å². The Labute approximate surface area is 132 Å². The molecule has 0 unspecified atom stereocenters. The molecule has 0 amide bonds. The van der Waals surface area contributed by atoms with Gasteiger partial charge in [0.05, 0.1) is 0 Å². The molecule has 0 saturated carbocycles. The van der Waals surface area contributed by atoms with Gasteiger partial charge in [0, 0.05) is 23.6 Å². The second kappa shape index (κ2) is 7.34. The maximum absolute atomic E-state index is 12.9. The minimum Gasteiger partial charge on any atom is -0.324 e. The number of ketones is 1.